The van der Waals surface area contributed by atoms with Crippen molar-refractivity contribution in [1.82, 2.24) is 9.88 Å². The van der Waals surface area contributed by atoms with E-state index in [2.05, 4.69) is 20.9 Å². The van der Waals surface area contributed by atoms with Gasteiger partial charge in [-0.2, -0.15) is 0 Å². The van der Waals surface area contributed by atoms with Crippen molar-refractivity contribution in [2.45, 2.75) is 0 Å². The Bertz CT molecular complexity index is 436. The van der Waals surface area contributed by atoms with Crippen LogP contribution in [0.15, 0.2) is 16.7 Å². The third kappa shape index (κ3) is 2.81. The largest absolute Gasteiger partial charge is 0.465 e. The quantitative estimate of drug-likeness (QED) is 0.862. The molecule has 0 saturated carbocycles. The molecule has 17 heavy (non-hydrogen) atoms. The molecule has 1 N–H and O–H groups in total. The van der Waals surface area contributed by atoms with Crippen LogP contribution in [0, 0.1) is 0 Å². The van der Waals surface area contributed by atoms with Crippen LogP contribution in [0.3, 0.4) is 0 Å². The van der Waals surface area contributed by atoms with Gasteiger partial charge in [-0.05, 0) is 22.0 Å². The lowest BCUT2D eigenvalue weighted by atomic mass is 10.3. The number of hydrogen-bond acceptors (Lipinski definition) is 3. The maximum absolute atomic E-state index is 10.8. The van der Waals surface area contributed by atoms with Gasteiger partial charge < -0.3 is 14.9 Å². The van der Waals surface area contributed by atoms with Crippen LogP contribution in [0.4, 0.5) is 10.6 Å². The van der Waals surface area contributed by atoms with Crippen molar-refractivity contribution in [3.05, 3.63) is 21.8 Å². The SMILES string of the molecule is O=C(O)N1CCN(c2ncc(Br)cc2Cl)CC1. The summed E-state index contributed by atoms with van der Waals surface area (Å²) in [4.78, 5) is 18.4. The zero-order chi connectivity index (χ0) is 12.4. The zero-order valence-corrected chi connectivity index (χ0v) is 11.3. The van der Waals surface area contributed by atoms with E-state index < -0.39 is 6.09 Å². The summed E-state index contributed by atoms with van der Waals surface area (Å²) in [5, 5.41) is 9.42. The number of pyridine rings is 1. The standard InChI is InChI=1S/C10H11BrClN3O2/c11-7-5-8(12)9(13-6-7)14-1-3-15(4-2-14)10(16)17/h5-6H,1-4H2,(H,16,17). The van der Waals surface area contributed by atoms with Crippen molar-refractivity contribution in [2.75, 3.05) is 31.1 Å². The van der Waals surface area contributed by atoms with Crippen LogP contribution in [0.25, 0.3) is 0 Å². The Labute approximate surface area is 112 Å². The first kappa shape index (κ1) is 12.4. The maximum atomic E-state index is 10.8. The normalized spacial score (nSPS) is 16.1. The van der Waals surface area contributed by atoms with Gasteiger partial charge in [-0.15, -0.1) is 0 Å². The molecule has 5 nitrogen and oxygen atoms in total. The van der Waals surface area contributed by atoms with Crippen molar-refractivity contribution in [2.24, 2.45) is 0 Å². The van der Waals surface area contributed by atoms with E-state index in [9.17, 15) is 4.79 Å². The van der Waals surface area contributed by atoms with Gasteiger partial charge in [0.1, 0.15) is 5.82 Å². The van der Waals surface area contributed by atoms with Gasteiger partial charge in [-0.1, -0.05) is 11.6 Å². The van der Waals surface area contributed by atoms with E-state index in [0.717, 1.165) is 4.47 Å². The Kier molecular flexibility index (Phi) is 3.73. The van der Waals surface area contributed by atoms with Gasteiger partial charge in [-0.3, -0.25) is 0 Å². The molecule has 0 unspecified atom stereocenters. The molecule has 1 saturated heterocycles. The van der Waals surface area contributed by atoms with Gasteiger partial charge in [0, 0.05) is 36.8 Å². The number of carbonyl (C=O) groups is 1. The third-order valence-electron chi connectivity index (χ3n) is 2.64. The number of halogens is 2. The number of amides is 1. The number of hydrogen-bond donors (Lipinski definition) is 1. The van der Waals surface area contributed by atoms with Crippen molar-refractivity contribution in [1.29, 1.82) is 0 Å². The number of piperazine rings is 1. The average molecular weight is 321 g/mol. The van der Waals surface area contributed by atoms with E-state index in [0.29, 0.717) is 37.0 Å². The molecule has 1 aromatic rings. The molecule has 1 amide bonds. The first-order chi connectivity index (χ1) is 8.08. The summed E-state index contributed by atoms with van der Waals surface area (Å²) in [7, 11) is 0. The van der Waals surface area contributed by atoms with Gasteiger partial charge in [0.25, 0.3) is 0 Å². The molecule has 7 heteroatoms. The van der Waals surface area contributed by atoms with Crippen molar-refractivity contribution < 1.29 is 9.90 Å². The zero-order valence-electron chi connectivity index (χ0n) is 8.94. The Morgan fingerprint density at radius 2 is 2.06 bits per heavy atom. The van der Waals surface area contributed by atoms with Gasteiger partial charge in [0.2, 0.25) is 0 Å². The van der Waals surface area contributed by atoms with E-state index in [-0.39, 0.29) is 0 Å². The van der Waals surface area contributed by atoms with Crippen molar-refractivity contribution in [3.8, 4) is 0 Å². The Morgan fingerprint density at radius 1 is 1.41 bits per heavy atom. The molecule has 2 rings (SSSR count). The van der Waals surface area contributed by atoms with Crippen LogP contribution in [-0.4, -0.2) is 47.3 Å². The Morgan fingerprint density at radius 3 is 2.59 bits per heavy atom. The second kappa shape index (κ2) is 5.10. The number of aromatic nitrogens is 1. The summed E-state index contributed by atoms with van der Waals surface area (Å²) < 4.78 is 0.829. The van der Waals surface area contributed by atoms with Crippen LogP contribution in [-0.2, 0) is 0 Å². The number of carboxylic acid groups (broad SMARTS) is 1. The van der Waals surface area contributed by atoms with Gasteiger partial charge in [-0.25, -0.2) is 9.78 Å². The predicted molar refractivity (Wildman–Crippen MR) is 68.8 cm³/mol. The van der Waals surface area contributed by atoms with Gasteiger partial charge in [0.15, 0.2) is 0 Å². The number of rotatable bonds is 1. The van der Waals surface area contributed by atoms with E-state index in [1.54, 1.807) is 12.3 Å². The first-order valence-corrected chi connectivity index (χ1v) is 6.29. The maximum Gasteiger partial charge on any atom is 0.407 e. The molecule has 0 aromatic carbocycles. The van der Waals surface area contributed by atoms with E-state index in [4.69, 9.17) is 16.7 Å². The molecule has 1 fully saturated rings. The fourth-order valence-electron chi connectivity index (χ4n) is 1.75. The monoisotopic (exact) mass is 319 g/mol. The molecular formula is C10H11BrClN3O2. The van der Waals surface area contributed by atoms with E-state index in [1.165, 1.54) is 4.90 Å². The average Bonchev–Trinajstić information content (AvgIpc) is 2.29. The Hall–Kier alpha value is -1.01. The Balaban J connectivity index is 2.08. The summed E-state index contributed by atoms with van der Waals surface area (Å²) in [6.45, 7) is 2.17. The lowest BCUT2D eigenvalue weighted by Gasteiger charge is -2.34. The van der Waals surface area contributed by atoms with E-state index >= 15 is 0 Å². The summed E-state index contributed by atoms with van der Waals surface area (Å²) >= 11 is 9.40. The summed E-state index contributed by atoms with van der Waals surface area (Å²) in [5.74, 6) is 0.708. The fraction of sp³-hybridized carbons (Fsp3) is 0.400. The minimum absolute atomic E-state index is 0.476. The van der Waals surface area contributed by atoms with Crippen molar-refractivity contribution >= 4 is 39.4 Å². The molecule has 2 heterocycles. The highest BCUT2D eigenvalue weighted by atomic mass is 79.9. The molecular weight excluding hydrogens is 309 g/mol. The minimum atomic E-state index is -0.875. The third-order valence-corrected chi connectivity index (χ3v) is 3.35. The summed E-state index contributed by atoms with van der Waals surface area (Å²) in [5.41, 5.74) is 0. The highest BCUT2D eigenvalue weighted by Gasteiger charge is 2.22. The molecule has 0 bridgehead atoms. The molecule has 0 spiro atoms. The molecule has 1 aliphatic rings. The van der Waals surface area contributed by atoms with Gasteiger partial charge in [0.05, 0.1) is 5.02 Å². The van der Waals surface area contributed by atoms with Crippen LogP contribution in [0.2, 0.25) is 5.02 Å². The predicted octanol–water partition coefficient (Wildman–Crippen LogP) is 2.30. The van der Waals surface area contributed by atoms with Gasteiger partial charge >= 0.3 is 6.09 Å². The molecule has 0 radical (unpaired) electrons. The molecule has 1 aliphatic heterocycles. The lowest BCUT2D eigenvalue weighted by molar-refractivity contribution is 0.142. The van der Waals surface area contributed by atoms with Crippen LogP contribution in [0.5, 0.6) is 0 Å². The summed E-state index contributed by atoms with van der Waals surface area (Å²) in [6.07, 6.45) is 0.810. The highest BCUT2D eigenvalue weighted by Crippen LogP contribution is 2.26. The van der Waals surface area contributed by atoms with Crippen LogP contribution in [0.1, 0.15) is 0 Å². The second-order valence-electron chi connectivity index (χ2n) is 3.72. The molecule has 92 valence electrons. The smallest absolute Gasteiger partial charge is 0.407 e. The molecule has 1 aromatic heterocycles. The second-order valence-corrected chi connectivity index (χ2v) is 5.04. The lowest BCUT2D eigenvalue weighted by Crippen LogP contribution is -2.48. The van der Waals surface area contributed by atoms with Crippen LogP contribution < -0.4 is 4.90 Å². The topological polar surface area (TPSA) is 56.7 Å². The number of nitrogens with zero attached hydrogens (tertiary/aromatic N) is 3. The fourth-order valence-corrected chi connectivity index (χ4v) is 2.50. The minimum Gasteiger partial charge on any atom is -0.465 e. The summed E-state index contributed by atoms with van der Waals surface area (Å²) in [6, 6.07) is 1.79. The number of anilines is 1. The molecule has 0 atom stereocenters. The van der Waals surface area contributed by atoms with Crippen LogP contribution >= 0.6 is 27.5 Å². The highest BCUT2D eigenvalue weighted by molar-refractivity contribution is 9.10. The molecule has 0 aliphatic carbocycles. The van der Waals surface area contributed by atoms with Crippen molar-refractivity contribution in [3.63, 3.8) is 0 Å². The van der Waals surface area contributed by atoms with E-state index in [1.807, 2.05) is 4.90 Å². The first-order valence-electron chi connectivity index (χ1n) is 5.12.